The number of carbonyl (C=O) groups excluding carboxylic acids is 2. The predicted octanol–water partition coefficient (Wildman–Crippen LogP) is 10.2. The number of carboxylic acids is 1. The van der Waals surface area contributed by atoms with E-state index in [0.29, 0.717) is 19.3 Å². The SMILES string of the molecule is CC/C=C/C/C=C/C/C=C/C/C=C/CCCCCCCCC(=O)OCC(COCCC(C(=O)O)[N+](C)(C)C)OC(=O)CC/C=C/CCCCCC. The number of aliphatic carboxylic acids is 1. The molecule has 0 saturated heterocycles. The molecule has 0 bridgehead atoms. The third-order valence-corrected chi connectivity index (χ3v) is 8.41. The molecule has 0 aromatic carbocycles. The largest absolute Gasteiger partial charge is 0.477 e. The van der Waals surface area contributed by atoms with Crippen molar-refractivity contribution in [3.8, 4) is 0 Å². The molecule has 1 N–H and O–H groups in total. The quantitative estimate of drug-likeness (QED) is 0.0306. The minimum absolute atomic E-state index is 0.0384. The Morgan fingerprint density at radius 1 is 0.608 bits per heavy atom. The Labute approximate surface area is 311 Å². The number of likely N-dealkylation sites (N-methyl/N-ethyl adjacent to an activating group) is 1. The molecule has 2 unspecified atom stereocenters. The van der Waals surface area contributed by atoms with Gasteiger partial charge in [0.25, 0.3) is 0 Å². The highest BCUT2D eigenvalue weighted by molar-refractivity contribution is 5.72. The van der Waals surface area contributed by atoms with Crippen LogP contribution in [0.4, 0.5) is 0 Å². The highest BCUT2D eigenvalue weighted by atomic mass is 16.6. The number of carbonyl (C=O) groups is 3. The third-order valence-electron chi connectivity index (χ3n) is 8.41. The Kier molecular flexibility index (Phi) is 32.1. The number of ether oxygens (including phenoxy) is 3. The second kappa shape index (κ2) is 34.1. The molecule has 0 aliphatic heterocycles. The monoisotopic (exact) mass is 717 g/mol. The van der Waals surface area contributed by atoms with Gasteiger partial charge in [-0.3, -0.25) is 9.59 Å². The first-order valence-corrected chi connectivity index (χ1v) is 19.8. The van der Waals surface area contributed by atoms with Gasteiger partial charge in [-0.1, -0.05) is 120 Å². The van der Waals surface area contributed by atoms with Crippen LogP contribution < -0.4 is 0 Å². The van der Waals surface area contributed by atoms with E-state index in [2.05, 4.69) is 68.5 Å². The molecule has 0 aromatic heterocycles. The van der Waals surface area contributed by atoms with Crippen LogP contribution in [-0.2, 0) is 28.6 Å². The van der Waals surface area contributed by atoms with Crippen LogP contribution in [0.25, 0.3) is 0 Å². The van der Waals surface area contributed by atoms with Crippen molar-refractivity contribution >= 4 is 17.9 Å². The van der Waals surface area contributed by atoms with Gasteiger partial charge in [0, 0.05) is 19.3 Å². The minimum Gasteiger partial charge on any atom is -0.477 e. The van der Waals surface area contributed by atoms with Gasteiger partial charge in [0.05, 0.1) is 34.4 Å². The van der Waals surface area contributed by atoms with Crippen LogP contribution in [-0.4, -0.2) is 80.6 Å². The van der Waals surface area contributed by atoms with E-state index < -0.39 is 18.1 Å². The first-order valence-electron chi connectivity index (χ1n) is 19.8. The molecule has 0 heterocycles. The normalized spacial score (nSPS) is 13.7. The molecule has 8 nitrogen and oxygen atoms in total. The predicted molar refractivity (Wildman–Crippen MR) is 211 cm³/mol. The van der Waals surface area contributed by atoms with E-state index in [0.717, 1.165) is 70.6 Å². The van der Waals surface area contributed by atoms with Gasteiger partial charge in [-0.2, -0.15) is 0 Å². The van der Waals surface area contributed by atoms with Crippen molar-refractivity contribution in [2.75, 3.05) is 41.0 Å². The Morgan fingerprint density at radius 2 is 1.14 bits per heavy atom. The van der Waals surface area contributed by atoms with E-state index in [-0.39, 0.29) is 42.7 Å². The summed E-state index contributed by atoms with van der Waals surface area (Å²) in [6.07, 6.45) is 40.0. The molecule has 51 heavy (non-hydrogen) atoms. The van der Waals surface area contributed by atoms with Crippen molar-refractivity contribution in [3.63, 3.8) is 0 Å². The zero-order valence-electron chi connectivity index (χ0n) is 33.0. The summed E-state index contributed by atoms with van der Waals surface area (Å²) in [6, 6.07) is -0.622. The summed E-state index contributed by atoms with van der Waals surface area (Å²) in [4.78, 5) is 36.7. The lowest BCUT2D eigenvalue weighted by molar-refractivity contribution is -0.887. The number of esters is 2. The molecule has 0 radical (unpaired) electrons. The average molecular weight is 717 g/mol. The highest BCUT2D eigenvalue weighted by Crippen LogP contribution is 2.12. The fourth-order valence-corrected chi connectivity index (χ4v) is 5.33. The van der Waals surface area contributed by atoms with Crippen molar-refractivity contribution in [2.24, 2.45) is 0 Å². The summed E-state index contributed by atoms with van der Waals surface area (Å²) < 4.78 is 17.1. The molecular formula is C43H74NO7+. The van der Waals surface area contributed by atoms with Crippen molar-refractivity contribution in [3.05, 3.63) is 60.8 Å². The standard InChI is InChI=1S/C43H73NO7/c1-6-8-10-12-14-16-17-18-19-20-21-22-23-24-25-26-28-29-31-33-41(45)50-38-39(37-49-36-35-40(43(47)48)44(3,4)5)51-42(46)34-32-30-27-15-13-11-9-7-2/h8,10,14,16,18-19,21-22,27,30,39-40H,6-7,9,11-13,15,17,20,23-26,28-29,31-38H2,1-5H3/p+1/b10-8+,16-14+,19-18+,22-21+,30-27+. The molecule has 292 valence electrons. The van der Waals surface area contributed by atoms with Crippen molar-refractivity contribution in [2.45, 2.75) is 154 Å². The number of hydrogen-bond acceptors (Lipinski definition) is 6. The highest BCUT2D eigenvalue weighted by Gasteiger charge is 2.31. The van der Waals surface area contributed by atoms with Crippen LogP contribution in [0.3, 0.4) is 0 Å². The van der Waals surface area contributed by atoms with Gasteiger partial charge < -0.3 is 23.8 Å². The van der Waals surface area contributed by atoms with Gasteiger partial charge in [0.2, 0.25) is 0 Å². The van der Waals surface area contributed by atoms with Gasteiger partial charge in [-0.25, -0.2) is 4.79 Å². The number of quaternary nitrogens is 1. The molecule has 0 aliphatic rings. The Bertz CT molecular complexity index is 1020. The lowest BCUT2D eigenvalue weighted by atomic mass is 10.1. The van der Waals surface area contributed by atoms with Gasteiger partial charge in [0.15, 0.2) is 12.1 Å². The van der Waals surface area contributed by atoms with Gasteiger partial charge in [0.1, 0.15) is 6.61 Å². The molecule has 0 rings (SSSR count). The van der Waals surface area contributed by atoms with Gasteiger partial charge in [-0.15, -0.1) is 0 Å². The summed E-state index contributed by atoms with van der Waals surface area (Å²) >= 11 is 0. The van der Waals surface area contributed by atoms with Gasteiger partial charge in [-0.05, 0) is 64.2 Å². The summed E-state index contributed by atoms with van der Waals surface area (Å²) in [7, 11) is 5.49. The molecule has 0 aromatic rings. The molecule has 0 saturated carbocycles. The number of hydrogen-bond donors (Lipinski definition) is 1. The zero-order chi connectivity index (χ0) is 37.8. The van der Waals surface area contributed by atoms with Crippen LogP contribution in [0.15, 0.2) is 60.8 Å². The molecule has 0 aliphatic carbocycles. The fourth-order valence-electron chi connectivity index (χ4n) is 5.33. The minimum atomic E-state index is -0.886. The Hall–Kier alpha value is -2.97. The van der Waals surface area contributed by atoms with E-state index in [9.17, 15) is 19.5 Å². The molecule has 2 atom stereocenters. The van der Waals surface area contributed by atoms with Gasteiger partial charge >= 0.3 is 17.9 Å². The van der Waals surface area contributed by atoms with E-state index in [1.807, 2.05) is 27.2 Å². The number of carboxylic acid groups (broad SMARTS) is 1. The van der Waals surface area contributed by atoms with E-state index in [1.54, 1.807) is 0 Å². The smallest absolute Gasteiger partial charge is 0.362 e. The molecular weight excluding hydrogens is 642 g/mol. The zero-order valence-corrected chi connectivity index (χ0v) is 33.0. The van der Waals surface area contributed by atoms with E-state index in [1.165, 1.54) is 32.1 Å². The summed E-state index contributed by atoms with van der Waals surface area (Å²) in [5, 5.41) is 9.57. The second-order valence-electron chi connectivity index (χ2n) is 14.1. The first-order chi connectivity index (χ1) is 24.6. The van der Waals surface area contributed by atoms with Crippen LogP contribution in [0.2, 0.25) is 0 Å². The number of nitrogens with zero attached hydrogens (tertiary/aromatic N) is 1. The van der Waals surface area contributed by atoms with Crippen LogP contribution >= 0.6 is 0 Å². The van der Waals surface area contributed by atoms with Crippen LogP contribution in [0, 0.1) is 0 Å². The van der Waals surface area contributed by atoms with Crippen molar-refractivity contribution in [1.82, 2.24) is 0 Å². The molecule has 8 heteroatoms. The van der Waals surface area contributed by atoms with E-state index in [4.69, 9.17) is 14.2 Å². The summed E-state index contributed by atoms with van der Waals surface area (Å²) in [5.41, 5.74) is 0. The lowest BCUT2D eigenvalue weighted by Crippen LogP contribution is -2.50. The van der Waals surface area contributed by atoms with Crippen molar-refractivity contribution in [1.29, 1.82) is 0 Å². The fraction of sp³-hybridized carbons (Fsp3) is 0.698. The molecule has 0 fully saturated rings. The topological polar surface area (TPSA) is 99.1 Å². The molecule has 0 spiro atoms. The van der Waals surface area contributed by atoms with Crippen molar-refractivity contribution < 1.29 is 38.2 Å². The maximum absolute atomic E-state index is 12.6. The summed E-state index contributed by atoms with van der Waals surface area (Å²) in [6.45, 7) is 4.50. The van der Waals surface area contributed by atoms with Crippen LogP contribution in [0.1, 0.15) is 142 Å². The average Bonchev–Trinajstić information content (AvgIpc) is 3.08. The maximum atomic E-state index is 12.6. The summed E-state index contributed by atoms with van der Waals surface area (Å²) in [5.74, 6) is -1.56. The third kappa shape index (κ3) is 32.7. The van der Waals surface area contributed by atoms with Crippen LogP contribution in [0.5, 0.6) is 0 Å². The van der Waals surface area contributed by atoms with E-state index >= 15 is 0 Å². The maximum Gasteiger partial charge on any atom is 0.362 e. The molecule has 0 amide bonds. The first kappa shape index (κ1) is 48.0. The number of unbranched alkanes of at least 4 members (excludes halogenated alkanes) is 10. The Morgan fingerprint density at radius 3 is 1.73 bits per heavy atom. The number of allylic oxidation sites excluding steroid dienone is 10. The Balaban J connectivity index is 4.35. The second-order valence-corrected chi connectivity index (χ2v) is 14.1. The number of rotatable bonds is 34. The lowest BCUT2D eigenvalue weighted by Gasteiger charge is -2.31.